The summed E-state index contributed by atoms with van der Waals surface area (Å²) in [4.78, 5) is 0. The molecular formula is C13H10FIO3S. The Labute approximate surface area is 124 Å². The minimum absolute atomic E-state index is 0.0909. The Bertz CT molecular complexity index is 686. The van der Waals surface area contributed by atoms with Gasteiger partial charge in [0, 0.05) is 9.13 Å². The molecule has 0 fully saturated rings. The molecule has 0 saturated carbocycles. The van der Waals surface area contributed by atoms with E-state index in [0.717, 1.165) is 3.57 Å². The van der Waals surface area contributed by atoms with Gasteiger partial charge in [0.05, 0.1) is 0 Å². The summed E-state index contributed by atoms with van der Waals surface area (Å²) in [7, 11) is -3.87. The van der Waals surface area contributed by atoms with Gasteiger partial charge < -0.3 is 4.18 Å². The van der Waals surface area contributed by atoms with Crippen LogP contribution >= 0.6 is 22.6 Å². The summed E-state index contributed by atoms with van der Waals surface area (Å²) in [5.74, 6) is -0.828. The summed E-state index contributed by atoms with van der Waals surface area (Å²) in [6.45, 7) is 0. The molecule has 6 heteroatoms. The Kier molecular flexibility index (Phi) is 4.41. The average Bonchev–Trinajstić information content (AvgIpc) is 2.31. The second-order valence-electron chi connectivity index (χ2n) is 3.83. The van der Waals surface area contributed by atoms with Crippen LogP contribution in [0.3, 0.4) is 0 Å². The first kappa shape index (κ1) is 14.3. The normalized spacial score (nSPS) is 11.3. The maximum Gasteiger partial charge on any atom is 0.313 e. The van der Waals surface area contributed by atoms with Crippen molar-refractivity contribution in [3.8, 4) is 5.75 Å². The van der Waals surface area contributed by atoms with E-state index in [2.05, 4.69) is 22.6 Å². The van der Waals surface area contributed by atoms with Gasteiger partial charge in [0.25, 0.3) is 0 Å². The van der Waals surface area contributed by atoms with E-state index in [9.17, 15) is 12.8 Å². The Morgan fingerprint density at radius 3 is 2.53 bits per heavy atom. The van der Waals surface area contributed by atoms with Crippen molar-refractivity contribution in [3.05, 3.63) is 63.5 Å². The molecule has 0 aliphatic heterocycles. The van der Waals surface area contributed by atoms with Crippen molar-refractivity contribution in [1.29, 1.82) is 0 Å². The van der Waals surface area contributed by atoms with Crippen LogP contribution in [0.5, 0.6) is 5.75 Å². The maximum atomic E-state index is 13.4. The largest absolute Gasteiger partial charge is 0.382 e. The van der Waals surface area contributed by atoms with Crippen LogP contribution in [-0.2, 0) is 15.9 Å². The first-order valence-corrected chi connectivity index (χ1v) is 8.03. The summed E-state index contributed by atoms with van der Waals surface area (Å²) in [6.07, 6.45) is 0. The van der Waals surface area contributed by atoms with Crippen LogP contribution in [0.2, 0.25) is 0 Å². The number of hydrogen-bond donors (Lipinski definition) is 0. The smallest absolute Gasteiger partial charge is 0.313 e. The van der Waals surface area contributed by atoms with Crippen LogP contribution in [-0.4, -0.2) is 8.42 Å². The van der Waals surface area contributed by atoms with Crippen molar-refractivity contribution in [2.75, 3.05) is 0 Å². The highest BCUT2D eigenvalue weighted by atomic mass is 127. The molecule has 100 valence electrons. The van der Waals surface area contributed by atoms with Gasteiger partial charge in [-0.25, -0.2) is 4.39 Å². The quantitative estimate of drug-likeness (QED) is 0.592. The molecule has 2 aromatic carbocycles. The van der Waals surface area contributed by atoms with Crippen molar-refractivity contribution in [1.82, 2.24) is 0 Å². The lowest BCUT2D eigenvalue weighted by atomic mass is 10.2. The highest BCUT2D eigenvalue weighted by Crippen LogP contribution is 2.19. The van der Waals surface area contributed by atoms with Gasteiger partial charge in [-0.1, -0.05) is 24.3 Å². The monoisotopic (exact) mass is 392 g/mol. The highest BCUT2D eigenvalue weighted by molar-refractivity contribution is 14.1. The first-order valence-electron chi connectivity index (χ1n) is 5.37. The third-order valence-electron chi connectivity index (χ3n) is 2.31. The Morgan fingerprint density at radius 2 is 1.84 bits per heavy atom. The number of rotatable bonds is 4. The SMILES string of the molecule is O=S(=O)(Cc1ccccc1F)Oc1cccc(I)c1. The predicted octanol–water partition coefficient (Wildman–Crippen LogP) is 3.34. The van der Waals surface area contributed by atoms with E-state index >= 15 is 0 Å². The summed E-state index contributed by atoms with van der Waals surface area (Å²) >= 11 is 2.05. The molecule has 19 heavy (non-hydrogen) atoms. The van der Waals surface area contributed by atoms with Crippen molar-refractivity contribution >= 4 is 32.7 Å². The van der Waals surface area contributed by atoms with E-state index in [1.54, 1.807) is 24.3 Å². The molecule has 2 rings (SSSR count). The van der Waals surface area contributed by atoms with Crippen LogP contribution in [0.1, 0.15) is 5.56 Å². The van der Waals surface area contributed by atoms with Crippen molar-refractivity contribution in [2.24, 2.45) is 0 Å². The third-order valence-corrected chi connectivity index (χ3v) is 4.09. The zero-order valence-electron chi connectivity index (χ0n) is 9.71. The van der Waals surface area contributed by atoms with Crippen LogP contribution < -0.4 is 4.18 Å². The molecule has 0 unspecified atom stereocenters. The van der Waals surface area contributed by atoms with Crippen LogP contribution in [0.4, 0.5) is 4.39 Å². The topological polar surface area (TPSA) is 43.4 Å². The predicted molar refractivity (Wildman–Crippen MR) is 78.8 cm³/mol. The lowest BCUT2D eigenvalue weighted by Crippen LogP contribution is -2.13. The lowest BCUT2D eigenvalue weighted by Gasteiger charge is -2.07. The molecular weight excluding hydrogens is 382 g/mol. The Morgan fingerprint density at radius 1 is 1.11 bits per heavy atom. The molecule has 0 heterocycles. The van der Waals surface area contributed by atoms with E-state index in [1.165, 1.54) is 18.2 Å². The molecule has 0 amide bonds. The second-order valence-corrected chi connectivity index (χ2v) is 6.65. The Hall–Kier alpha value is -1.15. The molecule has 0 aliphatic rings. The lowest BCUT2D eigenvalue weighted by molar-refractivity contribution is 0.483. The standard InChI is InChI=1S/C13H10FIO3S/c14-13-7-2-1-4-10(13)9-19(16,17)18-12-6-3-5-11(15)8-12/h1-8H,9H2. The third kappa shape index (κ3) is 4.17. The van der Waals surface area contributed by atoms with Gasteiger partial charge in [0.2, 0.25) is 0 Å². The van der Waals surface area contributed by atoms with Crippen molar-refractivity contribution < 1.29 is 17.0 Å². The summed E-state index contributed by atoms with van der Waals surface area (Å²) in [5.41, 5.74) is 0.0909. The van der Waals surface area contributed by atoms with E-state index in [0.29, 0.717) is 0 Å². The molecule has 0 bridgehead atoms. The maximum absolute atomic E-state index is 13.4. The second kappa shape index (κ2) is 5.87. The molecule has 0 aromatic heterocycles. The average molecular weight is 392 g/mol. The van der Waals surface area contributed by atoms with E-state index in [1.807, 2.05) is 6.07 Å². The van der Waals surface area contributed by atoms with E-state index in [4.69, 9.17) is 4.18 Å². The van der Waals surface area contributed by atoms with Gasteiger partial charge in [-0.2, -0.15) is 8.42 Å². The number of hydrogen-bond acceptors (Lipinski definition) is 3. The molecule has 0 atom stereocenters. The first-order chi connectivity index (χ1) is 8.96. The fraction of sp³-hybridized carbons (Fsp3) is 0.0769. The van der Waals surface area contributed by atoms with E-state index in [-0.39, 0.29) is 11.3 Å². The van der Waals surface area contributed by atoms with E-state index < -0.39 is 21.7 Å². The van der Waals surface area contributed by atoms with Crippen LogP contribution in [0.15, 0.2) is 48.5 Å². The Balaban J connectivity index is 2.18. The fourth-order valence-corrected chi connectivity index (χ4v) is 3.09. The van der Waals surface area contributed by atoms with Gasteiger partial charge in [-0.05, 0) is 46.9 Å². The minimum atomic E-state index is -3.87. The molecule has 0 aliphatic carbocycles. The van der Waals surface area contributed by atoms with Gasteiger partial charge in [-0.3, -0.25) is 0 Å². The van der Waals surface area contributed by atoms with Gasteiger partial charge in [0.1, 0.15) is 17.3 Å². The summed E-state index contributed by atoms with van der Waals surface area (Å²) in [5, 5.41) is 0. The molecule has 0 N–H and O–H groups in total. The fourth-order valence-electron chi connectivity index (χ4n) is 1.50. The summed E-state index contributed by atoms with van der Waals surface area (Å²) in [6, 6.07) is 12.4. The van der Waals surface area contributed by atoms with Crippen LogP contribution in [0.25, 0.3) is 0 Å². The zero-order valence-corrected chi connectivity index (χ0v) is 12.7. The number of halogens is 2. The zero-order chi connectivity index (χ0) is 13.9. The molecule has 0 saturated heterocycles. The minimum Gasteiger partial charge on any atom is -0.382 e. The van der Waals surface area contributed by atoms with Crippen LogP contribution in [0, 0.1) is 9.39 Å². The van der Waals surface area contributed by atoms with Crippen molar-refractivity contribution in [2.45, 2.75) is 5.75 Å². The molecule has 0 spiro atoms. The van der Waals surface area contributed by atoms with Gasteiger partial charge >= 0.3 is 10.1 Å². The molecule has 3 nitrogen and oxygen atoms in total. The van der Waals surface area contributed by atoms with Crippen molar-refractivity contribution in [3.63, 3.8) is 0 Å². The highest BCUT2D eigenvalue weighted by Gasteiger charge is 2.16. The van der Waals surface area contributed by atoms with Gasteiger partial charge in [0.15, 0.2) is 0 Å². The number of benzene rings is 2. The summed E-state index contributed by atoms with van der Waals surface area (Å²) < 4.78 is 42.9. The molecule has 2 aromatic rings. The molecule has 0 radical (unpaired) electrons. The van der Waals surface area contributed by atoms with Gasteiger partial charge in [-0.15, -0.1) is 0 Å².